The molecule has 0 unspecified atom stereocenters. The molecule has 0 rings (SSSR count). The number of alkyl halides is 3. The summed E-state index contributed by atoms with van der Waals surface area (Å²) in [6, 6.07) is 0. The van der Waals surface area contributed by atoms with Crippen LogP contribution < -0.4 is 16.6 Å². The van der Waals surface area contributed by atoms with Gasteiger partial charge in [-0.05, 0) is 12.8 Å². The second kappa shape index (κ2) is 5.76. The normalized spacial score (nSPS) is 11.4. The average Bonchev–Trinajstić information content (AvgIpc) is 2.02. The highest BCUT2D eigenvalue weighted by atomic mass is 19.4. The van der Waals surface area contributed by atoms with Gasteiger partial charge < -0.3 is 5.32 Å². The molecule has 0 aliphatic heterocycles. The number of nitrogens with one attached hydrogen (secondary N) is 2. The zero-order chi connectivity index (χ0) is 10.3. The Balaban J connectivity index is 3.38. The Kier molecular flexibility index (Phi) is 5.40. The summed E-state index contributed by atoms with van der Waals surface area (Å²) in [5.41, 5.74) is 2.35. The molecule has 0 radical (unpaired) electrons. The van der Waals surface area contributed by atoms with Gasteiger partial charge in [0, 0.05) is 13.1 Å². The first-order valence-corrected chi connectivity index (χ1v) is 3.77. The molecule has 0 aromatic carbocycles. The maximum absolute atomic E-state index is 11.6. The molecule has 0 atom stereocenters. The highest BCUT2D eigenvalue weighted by Gasteiger charge is 2.37. The molecule has 1 amide bonds. The molecule has 0 aromatic rings. The molecule has 0 aromatic heterocycles. The lowest BCUT2D eigenvalue weighted by molar-refractivity contribution is -0.173. The van der Waals surface area contributed by atoms with Crippen molar-refractivity contribution < 1.29 is 18.0 Å². The fourth-order valence-corrected chi connectivity index (χ4v) is 0.654. The Morgan fingerprint density at radius 3 is 2.23 bits per heavy atom. The van der Waals surface area contributed by atoms with E-state index in [1.807, 2.05) is 0 Å². The highest BCUT2D eigenvalue weighted by molar-refractivity contribution is 5.81. The van der Waals surface area contributed by atoms with Crippen LogP contribution in [0.5, 0.6) is 0 Å². The van der Waals surface area contributed by atoms with Crippen LogP contribution in [0.4, 0.5) is 13.2 Å². The van der Waals surface area contributed by atoms with Gasteiger partial charge in [-0.15, -0.1) is 0 Å². The fourth-order valence-electron chi connectivity index (χ4n) is 0.654. The topological polar surface area (TPSA) is 67.2 Å². The number of hydrogen-bond acceptors (Lipinski definition) is 3. The molecular weight excluding hydrogens is 187 g/mol. The maximum atomic E-state index is 11.6. The van der Waals surface area contributed by atoms with Crippen molar-refractivity contribution in [3.05, 3.63) is 0 Å². The van der Waals surface area contributed by atoms with Crippen molar-refractivity contribution in [1.82, 2.24) is 10.7 Å². The zero-order valence-corrected chi connectivity index (χ0v) is 6.95. The molecule has 78 valence electrons. The van der Waals surface area contributed by atoms with Crippen molar-refractivity contribution in [2.45, 2.75) is 19.0 Å². The third-order valence-electron chi connectivity index (χ3n) is 1.29. The standard InChI is InChI=1S/C6H12F3N3O/c7-6(8,9)5(13)11-3-1-2-4-12-10/h12H,1-4,10H2,(H,11,13). The minimum absolute atomic E-state index is 0.0139. The van der Waals surface area contributed by atoms with Crippen LogP contribution >= 0.6 is 0 Å². The van der Waals surface area contributed by atoms with Gasteiger partial charge in [0.1, 0.15) is 0 Å². The number of unbranched alkanes of at least 4 members (excludes halogenated alkanes) is 1. The van der Waals surface area contributed by atoms with Crippen LogP contribution in [0.3, 0.4) is 0 Å². The smallest absolute Gasteiger partial charge is 0.348 e. The van der Waals surface area contributed by atoms with Crippen molar-refractivity contribution in [2.24, 2.45) is 5.84 Å². The molecule has 0 saturated carbocycles. The van der Waals surface area contributed by atoms with Gasteiger partial charge in [-0.25, -0.2) is 0 Å². The van der Waals surface area contributed by atoms with Crippen molar-refractivity contribution in [3.63, 3.8) is 0 Å². The van der Waals surface area contributed by atoms with Gasteiger partial charge in [-0.2, -0.15) is 13.2 Å². The van der Waals surface area contributed by atoms with Crippen LogP contribution in [-0.2, 0) is 4.79 Å². The molecule has 0 spiro atoms. The lowest BCUT2D eigenvalue weighted by atomic mass is 10.3. The summed E-state index contributed by atoms with van der Waals surface area (Å²) in [7, 11) is 0. The summed E-state index contributed by atoms with van der Waals surface area (Å²) in [5, 5.41) is 1.75. The summed E-state index contributed by atoms with van der Waals surface area (Å²) in [6.07, 6.45) is -3.70. The van der Waals surface area contributed by atoms with Crippen LogP contribution in [0, 0.1) is 0 Å². The molecule has 4 nitrogen and oxygen atoms in total. The minimum Gasteiger partial charge on any atom is -0.348 e. The Morgan fingerprint density at radius 2 is 1.77 bits per heavy atom. The fraction of sp³-hybridized carbons (Fsp3) is 0.833. The predicted octanol–water partition coefficient (Wildman–Crippen LogP) is -0.0916. The molecule has 13 heavy (non-hydrogen) atoms. The Labute approximate surface area is 73.6 Å². The molecule has 0 heterocycles. The first-order valence-electron chi connectivity index (χ1n) is 3.77. The van der Waals surface area contributed by atoms with E-state index in [1.54, 1.807) is 5.32 Å². The number of nitrogens with two attached hydrogens (primary N) is 1. The second-order valence-electron chi connectivity index (χ2n) is 2.41. The van der Waals surface area contributed by atoms with E-state index in [0.717, 1.165) is 0 Å². The number of hydrazine groups is 1. The summed E-state index contributed by atoms with van der Waals surface area (Å²) >= 11 is 0. The summed E-state index contributed by atoms with van der Waals surface area (Å²) in [5.74, 6) is 3.03. The number of halogens is 3. The van der Waals surface area contributed by atoms with E-state index in [4.69, 9.17) is 5.84 Å². The third-order valence-corrected chi connectivity index (χ3v) is 1.29. The van der Waals surface area contributed by atoms with Gasteiger partial charge in [0.05, 0.1) is 0 Å². The average molecular weight is 199 g/mol. The van der Waals surface area contributed by atoms with Gasteiger partial charge in [-0.1, -0.05) is 0 Å². The van der Waals surface area contributed by atoms with Crippen molar-refractivity contribution in [2.75, 3.05) is 13.1 Å². The van der Waals surface area contributed by atoms with E-state index in [1.165, 1.54) is 0 Å². The number of rotatable bonds is 5. The van der Waals surface area contributed by atoms with Gasteiger partial charge in [0.15, 0.2) is 0 Å². The quantitative estimate of drug-likeness (QED) is 0.329. The zero-order valence-electron chi connectivity index (χ0n) is 6.95. The van der Waals surface area contributed by atoms with Gasteiger partial charge in [0.2, 0.25) is 0 Å². The van der Waals surface area contributed by atoms with Crippen LogP contribution in [0.25, 0.3) is 0 Å². The third kappa shape index (κ3) is 6.35. The second-order valence-corrected chi connectivity index (χ2v) is 2.41. The van der Waals surface area contributed by atoms with Crippen LogP contribution in [0.2, 0.25) is 0 Å². The molecule has 0 fully saturated rings. The monoisotopic (exact) mass is 199 g/mol. The molecule has 0 aliphatic carbocycles. The van der Waals surface area contributed by atoms with E-state index < -0.39 is 12.1 Å². The predicted molar refractivity (Wildman–Crippen MR) is 40.5 cm³/mol. The van der Waals surface area contributed by atoms with E-state index in [2.05, 4.69) is 5.43 Å². The lowest BCUT2D eigenvalue weighted by Gasteiger charge is -2.07. The molecule has 4 N–H and O–H groups in total. The SMILES string of the molecule is NNCCCCNC(=O)C(F)(F)F. The maximum Gasteiger partial charge on any atom is 0.471 e. The molecule has 0 saturated heterocycles. The van der Waals surface area contributed by atoms with Gasteiger partial charge in [0.25, 0.3) is 0 Å². The molecule has 7 heteroatoms. The highest BCUT2D eigenvalue weighted by Crippen LogP contribution is 2.13. The minimum atomic E-state index is -4.79. The summed E-state index contributed by atoms with van der Waals surface area (Å²) in [6.45, 7) is 0.530. The summed E-state index contributed by atoms with van der Waals surface area (Å²) < 4.78 is 34.7. The molecular formula is C6H12F3N3O. The number of amides is 1. The molecule has 0 bridgehead atoms. The first-order chi connectivity index (χ1) is 5.98. The van der Waals surface area contributed by atoms with Crippen molar-refractivity contribution in [1.29, 1.82) is 0 Å². The van der Waals surface area contributed by atoms with E-state index in [0.29, 0.717) is 19.4 Å². The number of hydrogen-bond donors (Lipinski definition) is 3. The largest absolute Gasteiger partial charge is 0.471 e. The van der Waals surface area contributed by atoms with Gasteiger partial charge in [-0.3, -0.25) is 16.1 Å². The number of carbonyl (C=O) groups is 1. The van der Waals surface area contributed by atoms with Crippen molar-refractivity contribution in [3.8, 4) is 0 Å². The number of carbonyl (C=O) groups excluding carboxylic acids is 1. The van der Waals surface area contributed by atoms with Gasteiger partial charge >= 0.3 is 12.1 Å². The Morgan fingerprint density at radius 1 is 1.23 bits per heavy atom. The molecule has 0 aliphatic rings. The van der Waals surface area contributed by atoms with E-state index in [-0.39, 0.29) is 6.54 Å². The first kappa shape index (κ1) is 12.2. The van der Waals surface area contributed by atoms with E-state index >= 15 is 0 Å². The summed E-state index contributed by atoms with van der Waals surface area (Å²) in [4.78, 5) is 10.2. The Hall–Kier alpha value is -0.820. The van der Waals surface area contributed by atoms with Crippen LogP contribution in [0.1, 0.15) is 12.8 Å². The Bertz CT molecular complexity index is 160. The van der Waals surface area contributed by atoms with Crippen molar-refractivity contribution >= 4 is 5.91 Å². The van der Waals surface area contributed by atoms with Crippen LogP contribution in [-0.4, -0.2) is 25.2 Å². The lowest BCUT2D eigenvalue weighted by Crippen LogP contribution is -2.37. The van der Waals surface area contributed by atoms with Crippen LogP contribution in [0.15, 0.2) is 0 Å². The van der Waals surface area contributed by atoms with E-state index in [9.17, 15) is 18.0 Å².